The van der Waals surface area contributed by atoms with Gasteiger partial charge in [0, 0.05) is 12.3 Å². The third-order valence-corrected chi connectivity index (χ3v) is 3.55. The van der Waals surface area contributed by atoms with E-state index in [9.17, 15) is 14.3 Å². The second kappa shape index (κ2) is 5.99. The van der Waals surface area contributed by atoms with Crippen molar-refractivity contribution in [3.8, 4) is 0 Å². The molecule has 0 aromatic rings. The third kappa shape index (κ3) is 6.87. The van der Waals surface area contributed by atoms with Gasteiger partial charge in [0.25, 0.3) is 0 Å². The highest BCUT2D eigenvalue weighted by Gasteiger charge is 2.17. The van der Waals surface area contributed by atoms with Crippen LogP contribution in [0.25, 0.3) is 0 Å². The first-order valence-corrected chi connectivity index (χ1v) is 6.51. The van der Waals surface area contributed by atoms with Crippen molar-refractivity contribution in [2.45, 2.75) is 20.3 Å². The Labute approximate surface area is 84.4 Å². The molecule has 0 heterocycles. The molecule has 1 unspecified atom stereocenters. The van der Waals surface area contributed by atoms with Gasteiger partial charge in [-0.15, -0.1) is 0 Å². The van der Waals surface area contributed by atoms with Crippen LogP contribution >= 0.6 is 7.37 Å². The average Bonchev–Trinajstić information content (AvgIpc) is 2.11. The summed E-state index contributed by atoms with van der Waals surface area (Å²) >= 11 is 0. The quantitative estimate of drug-likeness (QED) is 0.421. The molecule has 5 heteroatoms. The standard InChI is InChI=1S/C9H17O4P/c1-4-14(11,12)6-5-9(10)13-7-8(2)3/h2,4-7H2,1,3H3,(H,11,12). The van der Waals surface area contributed by atoms with Crippen LogP contribution in [0.3, 0.4) is 0 Å². The lowest BCUT2D eigenvalue weighted by atomic mass is 10.4. The molecule has 1 atom stereocenters. The predicted octanol–water partition coefficient (Wildman–Crippen LogP) is 1.79. The molecule has 0 rings (SSSR count). The Bertz CT molecular complexity index is 260. The summed E-state index contributed by atoms with van der Waals surface area (Å²) in [5.74, 6) is -0.448. The van der Waals surface area contributed by atoms with Crippen molar-refractivity contribution in [2.24, 2.45) is 0 Å². The highest BCUT2D eigenvalue weighted by molar-refractivity contribution is 7.57. The van der Waals surface area contributed by atoms with Crippen LogP contribution in [-0.2, 0) is 14.1 Å². The summed E-state index contributed by atoms with van der Waals surface area (Å²) in [7, 11) is -3.10. The second-order valence-corrected chi connectivity index (χ2v) is 6.03. The van der Waals surface area contributed by atoms with Crippen molar-refractivity contribution in [3.63, 3.8) is 0 Å². The fourth-order valence-electron chi connectivity index (χ4n) is 0.700. The van der Waals surface area contributed by atoms with Gasteiger partial charge in [-0.05, 0) is 12.5 Å². The van der Waals surface area contributed by atoms with Crippen molar-refractivity contribution >= 4 is 13.3 Å². The van der Waals surface area contributed by atoms with Crippen molar-refractivity contribution in [3.05, 3.63) is 12.2 Å². The Kier molecular flexibility index (Phi) is 5.73. The first-order valence-electron chi connectivity index (χ1n) is 4.48. The first kappa shape index (κ1) is 13.4. The Morgan fingerprint density at radius 1 is 1.57 bits per heavy atom. The molecular weight excluding hydrogens is 203 g/mol. The van der Waals surface area contributed by atoms with Crippen LogP contribution in [0.15, 0.2) is 12.2 Å². The number of esters is 1. The molecule has 4 nitrogen and oxygen atoms in total. The van der Waals surface area contributed by atoms with Crippen molar-refractivity contribution in [2.75, 3.05) is 18.9 Å². The molecule has 0 aliphatic rings. The maximum absolute atomic E-state index is 11.2. The zero-order chi connectivity index (χ0) is 11.2. The number of ether oxygens (including phenoxy) is 1. The van der Waals surface area contributed by atoms with Crippen molar-refractivity contribution in [1.82, 2.24) is 0 Å². The highest BCUT2D eigenvalue weighted by atomic mass is 31.2. The van der Waals surface area contributed by atoms with Crippen LogP contribution in [-0.4, -0.2) is 29.8 Å². The first-order chi connectivity index (χ1) is 6.37. The van der Waals surface area contributed by atoms with Crippen LogP contribution in [0.5, 0.6) is 0 Å². The van der Waals surface area contributed by atoms with E-state index >= 15 is 0 Å². The van der Waals surface area contributed by atoms with E-state index in [2.05, 4.69) is 6.58 Å². The van der Waals surface area contributed by atoms with Gasteiger partial charge in [-0.1, -0.05) is 13.5 Å². The molecule has 0 aliphatic carbocycles. The summed E-state index contributed by atoms with van der Waals surface area (Å²) in [6.07, 6.45) is 0.189. The van der Waals surface area contributed by atoms with Gasteiger partial charge < -0.3 is 9.63 Å². The Hall–Kier alpha value is -0.600. The van der Waals surface area contributed by atoms with E-state index in [1.165, 1.54) is 0 Å². The zero-order valence-corrected chi connectivity index (χ0v) is 9.55. The molecule has 0 spiro atoms. The molecular formula is C9H17O4P. The lowest BCUT2D eigenvalue weighted by molar-refractivity contribution is -0.142. The Morgan fingerprint density at radius 3 is 2.57 bits per heavy atom. The Morgan fingerprint density at radius 2 is 2.14 bits per heavy atom. The van der Waals surface area contributed by atoms with Gasteiger partial charge in [-0.3, -0.25) is 9.36 Å². The lowest BCUT2D eigenvalue weighted by Crippen LogP contribution is -2.08. The Balaban J connectivity index is 3.75. The van der Waals surface area contributed by atoms with Gasteiger partial charge in [-0.25, -0.2) is 0 Å². The SMILES string of the molecule is C=C(C)COC(=O)CCP(=O)(O)CC. The minimum absolute atomic E-state index is 0.00146. The maximum atomic E-state index is 11.2. The minimum atomic E-state index is -3.10. The van der Waals surface area contributed by atoms with E-state index in [1.807, 2.05) is 0 Å². The topological polar surface area (TPSA) is 63.6 Å². The van der Waals surface area contributed by atoms with E-state index < -0.39 is 13.3 Å². The predicted molar refractivity (Wildman–Crippen MR) is 55.6 cm³/mol. The van der Waals surface area contributed by atoms with Crippen molar-refractivity contribution in [1.29, 1.82) is 0 Å². The van der Waals surface area contributed by atoms with Gasteiger partial charge in [0.05, 0.1) is 6.42 Å². The summed E-state index contributed by atoms with van der Waals surface area (Å²) in [6.45, 7) is 7.12. The van der Waals surface area contributed by atoms with Gasteiger partial charge in [0.2, 0.25) is 7.37 Å². The van der Waals surface area contributed by atoms with E-state index in [-0.39, 0.29) is 25.4 Å². The van der Waals surface area contributed by atoms with E-state index in [0.29, 0.717) is 0 Å². The summed E-state index contributed by atoms with van der Waals surface area (Å²) in [5, 5.41) is 0. The van der Waals surface area contributed by atoms with Gasteiger partial charge in [0.1, 0.15) is 6.61 Å². The third-order valence-electron chi connectivity index (χ3n) is 1.64. The molecule has 0 aromatic heterocycles. The lowest BCUT2D eigenvalue weighted by Gasteiger charge is -2.08. The fourth-order valence-corrected chi connectivity index (χ4v) is 1.55. The van der Waals surface area contributed by atoms with Crippen LogP contribution in [0.1, 0.15) is 20.3 Å². The van der Waals surface area contributed by atoms with E-state index in [0.717, 1.165) is 5.57 Å². The zero-order valence-electron chi connectivity index (χ0n) is 8.65. The molecule has 0 bridgehead atoms. The number of hydrogen-bond donors (Lipinski definition) is 1. The average molecular weight is 220 g/mol. The number of carbonyl (C=O) groups excluding carboxylic acids is 1. The van der Waals surface area contributed by atoms with Gasteiger partial charge in [-0.2, -0.15) is 0 Å². The van der Waals surface area contributed by atoms with E-state index in [4.69, 9.17) is 4.74 Å². The number of hydrogen-bond acceptors (Lipinski definition) is 3. The highest BCUT2D eigenvalue weighted by Crippen LogP contribution is 2.40. The number of rotatable bonds is 6. The van der Waals surface area contributed by atoms with Crippen LogP contribution in [0.4, 0.5) is 0 Å². The molecule has 0 aliphatic heterocycles. The van der Waals surface area contributed by atoms with Crippen LogP contribution in [0, 0.1) is 0 Å². The molecule has 14 heavy (non-hydrogen) atoms. The second-order valence-electron chi connectivity index (χ2n) is 3.25. The molecule has 0 aromatic carbocycles. The smallest absolute Gasteiger partial charge is 0.306 e. The molecule has 1 N–H and O–H groups in total. The van der Waals surface area contributed by atoms with Crippen LogP contribution in [0.2, 0.25) is 0 Å². The fraction of sp³-hybridized carbons (Fsp3) is 0.667. The maximum Gasteiger partial charge on any atom is 0.306 e. The molecule has 0 saturated heterocycles. The van der Waals surface area contributed by atoms with E-state index in [1.54, 1.807) is 13.8 Å². The molecule has 0 saturated carbocycles. The largest absolute Gasteiger partial charge is 0.461 e. The summed E-state index contributed by atoms with van der Waals surface area (Å²) in [4.78, 5) is 20.2. The van der Waals surface area contributed by atoms with Gasteiger partial charge >= 0.3 is 5.97 Å². The molecule has 82 valence electrons. The van der Waals surface area contributed by atoms with Crippen molar-refractivity contribution < 1.29 is 19.0 Å². The summed E-state index contributed by atoms with van der Waals surface area (Å²) < 4.78 is 15.9. The monoisotopic (exact) mass is 220 g/mol. The summed E-state index contributed by atoms with van der Waals surface area (Å²) in [5.41, 5.74) is 0.751. The van der Waals surface area contributed by atoms with Crippen LogP contribution < -0.4 is 0 Å². The van der Waals surface area contributed by atoms with Gasteiger partial charge in [0.15, 0.2) is 0 Å². The minimum Gasteiger partial charge on any atom is -0.461 e. The number of carbonyl (C=O) groups is 1. The molecule has 0 fully saturated rings. The normalized spacial score (nSPS) is 14.5. The molecule has 0 radical (unpaired) electrons. The molecule has 0 amide bonds. The summed E-state index contributed by atoms with van der Waals surface area (Å²) in [6, 6.07) is 0.